The number of amides is 3. The van der Waals surface area contributed by atoms with Gasteiger partial charge in [0.15, 0.2) is 0 Å². The Hall–Kier alpha value is -3.94. The van der Waals surface area contributed by atoms with Gasteiger partial charge in [-0.05, 0) is 69.3 Å². The van der Waals surface area contributed by atoms with Crippen molar-refractivity contribution in [2.45, 2.75) is 63.7 Å². The number of primary amides is 1. The molecule has 0 heterocycles. The lowest BCUT2D eigenvalue weighted by molar-refractivity contribution is -0.137. The Kier molecular flexibility index (Phi) is 11.5. The van der Waals surface area contributed by atoms with E-state index in [1.807, 2.05) is 0 Å². The van der Waals surface area contributed by atoms with Crippen LogP contribution in [0.2, 0.25) is 0 Å². The van der Waals surface area contributed by atoms with E-state index in [1.165, 1.54) is 6.92 Å². The van der Waals surface area contributed by atoms with Crippen LogP contribution in [-0.4, -0.2) is 42.9 Å². The van der Waals surface area contributed by atoms with Crippen molar-refractivity contribution in [1.29, 1.82) is 0 Å². The molecule has 0 saturated heterocycles. The van der Waals surface area contributed by atoms with Crippen LogP contribution in [0.15, 0.2) is 33.9 Å². The van der Waals surface area contributed by atoms with Crippen LogP contribution in [0, 0.1) is 0 Å². The van der Waals surface area contributed by atoms with Crippen LogP contribution < -0.4 is 43.6 Å². The molecule has 0 bridgehead atoms. The molecule has 2 aromatic carbocycles. The summed E-state index contributed by atoms with van der Waals surface area (Å²) < 4.78 is 38.2. The van der Waals surface area contributed by atoms with E-state index >= 15 is 0 Å². The minimum atomic E-state index is -4.50. The van der Waals surface area contributed by atoms with Crippen LogP contribution in [0.25, 0.3) is 0 Å². The highest BCUT2D eigenvalue weighted by molar-refractivity contribution is 5.91. The van der Waals surface area contributed by atoms with Gasteiger partial charge in [0.25, 0.3) is 10.9 Å². The summed E-state index contributed by atoms with van der Waals surface area (Å²) >= 11 is 0. The molecule has 0 unspecified atom stereocenters. The lowest BCUT2D eigenvalue weighted by Crippen LogP contribution is -2.52. The van der Waals surface area contributed by atoms with Gasteiger partial charge in [-0.1, -0.05) is 0 Å². The first-order valence-corrected chi connectivity index (χ1v) is 12.4. The highest BCUT2D eigenvalue weighted by Gasteiger charge is 2.30. The van der Waals surface area contributed by atoms with Gasteiger partial charge in [0, 0.05) is 19.2 Å². The number of hydrogen-bond donors (Lipinski definition) is 6. The molecule has 0 radical (unpaired) electrons. The number of carbonyl (C=O) groups excluding carboxylic acids is 3. The number of rotatable bonds is 16. The van der Waals surface area contributed by atoms with E-state index in [-0.39, 0.29) is 30.0 Å². The molecule has 39 heavy (non-hydrogen) atoms. The van der Waals surface area contributed by atoms with Gasteiger partial charge in [-0.3, -0.25) is 24.0 Å². The fourth-order valence-corrected chi connectivity index (χ4v) is 3.82. The zero-order valence-corrected chi connectivity index (χ0v) is 21.5. The number of halogens is 3. The fourth-order valence-electron chi connectivity index (χ4n) is 3.82. The van der Waals surface area contributed by atoms with Crippen molar-refractivity contribution in [1.82, 2.24) is 10.6 Å². The number of anilines is 3. The first-order chi connectivity index (χ1) is 18.3. The van der Waals surface area contributed by atoms with Gasteiger partial charge in [0.2, 0.25) is 17.7 Å². The molecule has 11 nitrogen and oxygen atoms in total. The largest absolute Gasteiger partial charge is 0.416 e. The van der Waals surface area contributed by atoms with E-state index in [9.17, 15) is 37.1 Å². The molecule has 3 amide bonds. The predicted octanol–water partition coefficient (Wildman–Crippen LogP) is 1.23. The Balaban J connectivity index is 1.90. The number of hydrogen-bond acceptors (Lipinski definition) is 8. The van der Waals surface area contributed by atoms with Gasteiger partial charge in [-0.2, -0.15) is 13.2 Å². The maximum absolute atomic E-state index is 12.7. The average molecular weight is 555 g/mol. The standard InChI is InChI=1S/C25H33F3N6O5/c1-14(35)32-18(24(39)34-17(23(30)38)6-2-4-12-29)7-3-5-13-31-19-20(22(37)21(19)36)33-16-10-8-15(9-11-16)25(26,27)28/h8-11,17-18,31,33H,2-7,12-13,29H2,1H3,(H2,30,38)(H,32,35)(H,34,39)/t17-,18+/m1/s1. The van der Waals surface area contributed by atoms with Crippen LogP contribution >= 0.6 is 0 Å². The lowest BCUT2D eigenvalue weighted by atomic mass is 10.1. The SMILES string of the molecule is CC(=O)N[C@@H](CCCCNc1c(Nc2ccc(C(F)(F)F)cc2)c(=O)c1=O)C(=O)N[C@H](CCCCN)C(N)=O. The summed E-state index contributed by atoms with van der Waals surface area (Å²) in [7, 11) is 0. The summed E-state index contributed by atoms with van der Waals surface area (Å²) in [5.41, 5.74) is 8.59. The number of benzene rings is 1. The van der Waals surface area contributed by atoms with Crippen molar-refractivity contribution < 1.29 is 27.6 Å². The molecular weight excluding hydrogens is 521 g/mol. The molecule has 14 heteroatoms. The predicted molar refractivity (Wildman–Crippen MR) is 140 cm³/mol. The Labute approximate surface area is 222 Å². The van der Waals surface area contributed by atoms with Crippen molar-refractivity contribution in [2.24, 2.45) is 11.5 Å². The number of nitrogens with two attached hydrogens (primary N) is 2. The molecule has 0 aliphatic carbocycles. The second-order valence-electron chi connectivity index (χ2n) is 9.03. The van der Waals surface area contributed by atoms with Gasteiger partial charge < -0.3 is 32.7 Å². The third-order valence-corrected chi connectivity index (χ3v) is 5.91. The van der Waals surface area contributed by atoms with E-state index in [4.69, 9.17) is 11.5 Å². The van der Waals surface area contributed by atoms with Gasteiger partial charge in [-0.15, -0.1) is 0 Å². The van der Waals surface area contributed by atoms with Gasteiger partial charge in [0.05, 0.1) is 5.56 Å². The van der Waals surface area contributed by atoms with Gasteiger partial charge in [-0.25, -0.2) is 0 Å². The smallest absolute Gasteiger partial charge is 0.380 e. The number of carbonyl (C=O) groups is 3. The minimum Gasteiger partial charge on any atom is -0.380 e. The lowest BCUT2D eigenvalue weighted by Gasteiger charge is -2.21. The second kappa shape index (κ2) is 14.3. The summed E-state index contributed by atoms with van der Waals surface area (Å²) in [5.74, 6) is -1.69. The Morgan fingerprint density at radius 3 is 2.03 bits per heavy atom. The molecular formula is C25H33F3N6O5. The van der Waals surface area contributed by atoms with Crippen molar-refractivity contribution in [3.05, 3.63) is 50.3 Å². The summed E-state index contributed by atoms with van der Waals surface area (Å²) in [6.07, 6.45) is -1.83. The number of nitrogens with one attached hydrogen (secondary N) is 4. The van der Waals surface area contributed by atoms with Crippen LogP contribution in [0.1, 0.15) is 51.0 Å². The van der Waals surface area contributed by atoms with Crippen molar-refractivity contribution in [2.75, 3.05) is 23.7 Å². The van der Waals surface area contributed by atoms with E-state index in [0.717, 1.165) is 24.3 Å². The monoisotopic (exact) mass is 554 g/mol. The highest BCUT2D eigenvalue weighted by Crippen LogP contribution is 2.30. The van der Waals surface area contributed by atoms with E-state index in [1.54, 1.807) is 0 Å². The topological polar surface area (TPSA) is 186 Å². The normalized spacial score (nSPS) is 12.9. The van der Waals surface area contributed by atoms with Crippen LogP contribution in [0.3, 0.4) is 0 Å². The second-order valence-corrected chi connectivity index (χ2v) is 9.03. The van der Waals surface area contributed by atoms with Crippen LogP contribution in [0.5, 0.6) is 0 Å². The zero-order chi connectivity index (χ0) is 29.2. The molecule has 2 aromatic rings. The quantitative estimate of drug-likeness (QED) is 0.132. The number of unbranched alkanes of at least 4 members (excludes halogenated alkanes) is 2. The maximum atomic E-state index is 12.7. The average Bonchev–Trinajstić information content (AvgIpc) is 2.87. The minimum absolute atomic E-state index is 0.0119. The summed E-state index contributed by atoms with van der Waals surface area (Å²) in [5, 5.41) is 10.6. The van der Waals surface area contributed by atoms with Crippen molar-refractivity contribution in [3.8, 4) is 0 Å². The van der Waals surface area contributed by atoms with Gasteiger partial charge in [0.1, 0.15) is 23.5 Å². The van der Waals surface area contributed by atoms with E-state index < -0.39 is 52.4 Å². The maximum Gasteiger partial charge on any atom is 0.416 e. The first kappa shape index (κ1) is 31.3. The Morgan fingerprint density at radius 2 is 1.46 bits per heavy atom. The fraction of sp³-hybridized carbons (Fsp3) is 0.480. The molecule has 0 aliphatic rings. The molecule has 0 aromatic heterocycles. The van der Waals surface area contributed by atoms with Crippen LogP contribution in [0.4, 0.5) is 30.2 Å². The first-order valence-electron chi connectivity index (χ1n) is 12.4. The molecule has 0 spiro atoms. The highest BCUT2D eigenvalue weighted by atomic mass is 19.4. The molecule has 2 atom stereocenters. The van der Waals surface area contributed by atoms with Gasteiger partial charge >= 0.3 is 6.18 Å². The van der Waals surface area contributed by atoms with E-state index in [2.05, 4.69) is 21.3 Å². The summed E-state index contributed by atoms with van der Waals surface area (Å²) in [6, 6.07) is 2.20. The number of alkyl halides is 3. The molecule has 8 N–H and O–H groups in total. The molecule has 0 fully saturated rings. The Bertz CT molecular complexity index is 1210. The van der Waals surface area contributed by atoms with Crippen molar-refractivity contribution >= 4 is 34.8 Å². The molecule has 0 saturated carbocycles. The summed E-state index contributed by atoms with van der Waals surface area (Å²) in [6.45, 7) is 1.93. The Morgan fingerprint density at radius 1 is 0.872 bits per heavy atom. The van der Waals surface area contributed by atoms with Crippen LogP contribution in [-0.2, 0) is 20.6 Å². The third kappa shape index (κ3) is 9.39. The summed E-state index contributed by atoms with van der Waals surface area (Å²) in [4.78, 5) is 59.9. The molecule has 2 rings (SSSR count). The molecule has 214 valence electrons. The third-order valence-electron chi connectivity index (χ3n) is 5.91. The zero-order valence-electron chi connectivity index (χ0n) is 21.5. The molecule has 0 aliphatic heterocycles. The van der Waals surface area contributed by atoms with E-state index in [0.29, 0.717) is 38.6 Å². The van der Waals surface area contributed by atoms with Crippen molar-refractivity contribution in [3.63, 3.8) is 0 Å².